The van der Waals surface area contributed by atoms with E-state index >= 15 is 0 Å². The summed E-state index contributed by atoms with van der Waals surface area (Å²) in [5.74, 6) is 0. The van der Waals surface area contributed by atoms with Crippen LogP contribution >= 0.6 is 23.5 Å². The largest absolute Gasteiger partial charge is 0.490 e. The fourth-order valence-corrected chi connectivity index (χ4v) is 5.62. The summed E-state index contributed by atoms with van der Waals surface area (Å²) in [5.41, 5.74) is -1.43. The zero-order valence-corrected chi connectivity index (χ0v) is 18.4. The molecule has 1 aliphatic heterocycles. The third-order valence-electron chi connectivity index (χ3n) is 3.89. The number of aromatic nitrogens is 2. The summed E-state index contributed by atoms with van der Waals surface area (Å²) in [6, 6.07) is 1.04. The summed E-state index contributed by atoms with van der Waals surface area (Å²) in [4.78, 5) is 59.4. The Hall–Kier alpha value is -1.03. The molecule has 0 amide bonds. The second-order valence-electron chi connectivity index (χ2n) is 6.05. The molecule has 0 radical (unpaired) electrons. The molecule has 1 aliphatic rings. The molecule has 0 spiro atoms. The molecular formula is C11H19N2O15P3. The van der Waals surface area contributed by atoms with E-state index < -0.39 is 65.9 Å². The van der Waals surface area contributed by atoms with Crippen LogP contribution in [0.4, 0.5) is 0 Å². The minimum absolute atomic E-state index is 0.613. The molecule has 0 aromatic carbocycles. The Bertz CT molecular complexity index is 1060. The first-order valence-corrected chi connectivity index (χ1v) is 12.5. The van der Waals surface area contributed by atoms with E-state index in [9.17, 15) is 33.3 Å². The average Bonchev–Trinajstić information content (AvgIpc) is 2.90. The highest BCUT2D eigenvalue weighted by molar-refractivity contribution is 7.66. The van der Waals surface area contributed by atoms with Crippen molar-refractivity contribution in [3.63, 3.8) is 0 Å². The van der Waals surface area contributed by atoms with Gasteiger partial charge in [0.25, 0.3) is 5.56 Å². The Morgan fingerprint density at radius 1 is 1.10 bits per heavy atom. The molecule has 20 heteroatoms. The SMILES string of the molecule is CO[C@@H]1[C@H](O)[C@@H](COP(=O)(O)OP(=O)(O)OP(=O)(O)O)O[C@H]1n1ccc(=O)n(C)c1=O. The normalized spacial score (nSPS) is 28.2. The summed E-state index contributed by atoms with van der Waals surface area (Å²) < 4.78 is 57.5. The van der Waals surface area contributed by atoms with Crippen molar-refractivity contribution in [1.82, 2.24) is 9.13 Å². The number of hydrogen-bond donors (Lipinski definition) is 5. The summed E-state index contributed by atoms with van der Waals surface area (Å²) in [6.45, 7) is -0.957. The lowest BCUT2D eigenvalue weighted by molar-refractivity contribution is -0.0624. The quantitative estimate of drug-likeness (QED) is 0.228. The fraction of sp³-hybridized carbons (Fsp3) is 0.636. The van der Waals surface area contributed by atoms with Crippen LogP contribution in [-0.2, 0) is 43.4 Å². The van der Waals surface area contributed by atoms with Gasteiger partial charge in [0, 0.05) is 26.4 Å². The van der Waals surface area contributed by atoms with Gasteiger partial charge in [0.2, 0.25) is 0 Å². The molecule has 1 fully saturated rings. The highest BCUT2D eigenvalue weighted by Crippen LogP contribution is 2.66. The molecule has 1 aromatic heterocycles. The highest BCUT2D eigenvalue weighted by atomic mass is 31.3. The predicted octanol–water partition coefficient (Wildman–Crippen LogP) is -1.84. The first-order valence-electron chi connectivity index (χ1n) is 8.00. The van der Waals surface area contributed by atoms with E-state index in [1.807, 2.05) is 0 Å². The van der Waals surface area contributed by atoms with Gasteiger partial charge in [-0.1, -0.05) is 0 Å². The first-order chi connectivity index (χ1) is 14.1. The van der Waals surface area contributed by atoms with Crippen LogP contribution in [0.5, 0.6) is 0 Å². The van der Waals surface area contributed by atoms with E-state index in [1.165, 1.54) is 14.2 Å². The van der Waals surface area contributed by atoms with Crippen LogP contribution < -0.4 is 11.2 Å². The van der Waals surface area contributed by atoms with Gasteiger partial charge in [-0.2, -0.15) is 8.62 Å². The van der Waals surface area contributed by atoms with Crippen molar-refractivity contribution in [2.75, 3.05) is 13.7 Å². The van der Waals surface area contributed by atoms with Crippen molar-refractivity contribution in [2.24, 2.45) is 7.05 Å². The molecular weight excluding hydrogens is 493 g/mol. The molecule has 0 bridgehead atoms. The predicted molar refractivity (Wildman–Crippen MR) is 96.5 cm³/mol. The smallest absolute Gasteiger partial charge is 0.387 e. The zero-order valence-electron chi connectivity index (χ0n) is 15.7. The molecule has 178 valence electrons. The topological polar surface area (TPSA) is 243 Å². The van der Waals surface area contributed by atoms with Gasteiger partial charge in [0.15, 0.2) is 6.23 Å². The third-order valence-corrected chi connectivity index (χ3v) is 7.70. The zero-order chi connectivity index (χ0) is 23.8. The maximum atomic E-state index is 12.3. The Morgan fingerprint density at radius 2 is 1.71 bits per heavy atom. The molecule has 17 nitrogen and oxygen atoms in total. The van der Waals surface area contributed by atoms with Crippen molar-refractivity contribution < 1.29 is 61.0 Å². The van der Waals surface area contributed by atoms with Crippen LogP contribution in [0.25, 0.3) is 0 Å². The van der Waals surface area contributed by atoms with Gasteiger partial charge in [0.1, 0.15) is 18.3 Å². The molecule has 2 unspecified atom stereocenters. The van der Waals surface area contributed by atoms with Gasteiger partial charge in [-0.3, -0.25) is 18.5 Å². The monoisotopic (exact) mass is 512 g/mol. The summed E-state index contributed by atoms with van der Waals surface area (Å²) in [6.07, 6.45) is -4.41. The Balaban J connectivity index is 2.14. The number of phosphoric ester groups is 1. The third kappa shape index (κ3) is 6.73. The van der Waals surface area contributed by atoms with Gasteiger partial charge in [-0.25, -0.2) is 18.5 Å². The molecule has 0 aliphatic carbocycles. The van der Waals surface area contributed by atoms with Gasteiger partial charge in [0.05, 0.1) is 6.61 Å². The van der Waals surface area contributed by atoms with Crippen molar-refractivity contribution in [2.45, 2.75) is 24.5 Å². The van der Waals surface area contributed by atoms with E-state index in [1.54, 1.807) is 0 Å². The number of nitrogens with zero attached hydrogens (tertiary/aromatic N) is 2. The number of aliphatic hydroxyl groups excluding tert-OH is 1. The highest BCUT2D eigenvalue weighted by Gasteiger charge is 2.47. The van der Waals surface area contributed by atoms with Crippen molar-refractivity contribution in [3.8, 4) is 0 Å². The van der Waals surface area contributed by atoms with Gasteiger partial charge in [-0.15, -0.1) is 0 Å². The van der Waals surface area contributed by atoms with Crippen molar-refractivity contribution >= 4 is 23.5 Å². The fourth-order valence-electron chi connectivity index (χ4n) is 2.59. The van der Waals surface area contributed by atoms with Crippen LogP contribution in [0.2, 0.25) is 0 Å². The minimum Gasteiger partial charge on any atom is -0.387 e. The summed E-state index contributed by atoms with van der Waals surface area (Å²) in [7, 11) is -14.4. The molecule has 31 heavy (non-hydrogen) atoms. The number of ether oxygens (including phenoxy) is 2. The number of phosphoric acid groups is 3. The molecule has 1 aromatic rings. The van der Waals surface area contributed by atoms with Crippen molar-refractivity contribution in [3.05, 3.63) is 33.1 Å². The molecule has 2 rings (SSSR count). The van der Waals surface area contributed by atoms with Crippen molar-refractivity contribution in [1.29, 1.82) is 0 Å². The van der Waals surface area contributed by atoms with E-state index in [2.05, 4.69) is 13.1 Å². The molecule has 2 heterocycles. The van der Waals surface area contributed by atoms with Crippen LogP contribution in [0.1, 0.15) is 6.23 Å². The van der Waals surface area contributed by atoms with E-state index in [0.29, 0.717) is 0 Å². The number of methoxy groups -OCH3 is 1. The molecule has 0 saturated carbocycles. The van der Waals surface area contributed by atoms with E-state index in [4.69, 9.17) is 24.2 Å². The van der Waals surface area contributed by atoms with E-state index in [0.717, 1.165) is 21.4 Å². The number of hydrogen-bond acceptors (Lipinski definition) is 11. The van der Waals surface area contributed by atoms with Crippen LogP contribution in [-0.4, -0.2) is 65.8 Å². The van der Waals surface area contributed by atoms with Gasteiger partial charge >= 0.3 is 29.2 Å². The second kappa shape index (κ2) is 9.45. The Labute approximate surface area is 172 Å². The Kier molecular flexibility index (Phi) is 7.99. The summed E-state index contributed by atoms with van der Waals surface area (Å²) in [5, 5.41) is 10.3. The van der Waals surface area contributed by atoms with Gasteiger partial charge < -0.3 is 34.2 Å². The lowest BCUT2D eigenvalue weighted by atomic mass is 10.1. The van der Waals surface area contributed by atoms with E-state index in [-0.39, 0.29) is 0 Å². The number of aliphatic hydroxyl groups is 1. The number of rotatable bonds is 9. The van der Waals surface area contributed by atoms with Crippen LogP contribution in [0, 0.1) is 0 Å². The van der Waals surface area contributed by atoms with Crippen LogP contribution in [0.3, 0.4) is 0 Å². The molecule has 1 saturated heterocycles. The minimum atomic E-state index is -5.71. The molecule has 5 N–H and O–H groups in total. The maximum absolute atomic E-state index is 12.3. The molecule has 6 atom stereocenters. The maximum Gasteiger partial charge on any atom is 0.490 e. The standard InChI is InChI=1S/C11H19N2O15P3/c1-12-7(14)3-4-13(11(12)16)10-9(24-2)8(15)6(26-10)5-25-30(20,21)28-31(22,23)27-29(17,18)19/h3-4,6,8-10,15H,5H2,1-2H3,(H,20,21)(H,22,23)(H2,17,18,19)/t6-,8-,9-,10-/m1/s1. The lowest BCUT2D eigenvalue weighted by Crippen LogP contribution is -2.42. The lowest BCUT2D eigenvalue weighted by Gasteiger charge is -2.20. The average molecular weight is 512 g/mol. The summed E-state index contributed by atoms with van der Waals surface area (Å²) >= 11 is 0. The van der Waals surface area contributed by atoms with Crippen LogP contribution in [0.15, 0.2) is 21.9 Å². The Morgan fingerprint density at radius 3 is 2.26 bits per heavy atom. The first kappa shape index (κ1) is 26.2. The van der Waals surface area contributed by atoms with Gasteiger partial charge in [-0.05, 0) is 0 Å². The second-order valence-corrected chi connectivity index (χ2v) is 10.5.